The fourth-order valence-electron chi connectivity index (χ4n) is 2.59. The first-order chi connectivity index (χ1) is 12.9. The van der Waals surface area contributed by atoms with Gasteiger partial charge in [-0.2, -0.15) is 0 Å². The lowest BCUT2D eigenvalue weighted by molar-refractivity contribution is -0.124. The van der Waals surface area contributed by atoms with Crippen molar-refractivity contribution in [2.45, 2.75) is 18.8 Å². The van der Waals surface area contributed by atoms with E-state index in [9.17, 15) is 14.7 Å². The minimum absolute atomic E-state index is 0.0368. The number of ketones is 2. The summed E-state index contributed by atoms with van der Waals surface area (Å²) in [5, 5.41) is 14.5. The van der Waals surface area contributed by atoms with Crippen LogP contribution in [0, 0.1) is 0 Å². The van der Waals surface area contributed by atoms with Crippen molar-refractivity contribution < 1.29 is 24.0 Å². The summed E-state index contributed by atoms with van der Waals surface area (Å²) in [6.45, 7) is 0.405. The molecule has 8 heteroatoms. The molecule has 1 aliphatic carbocycles. The van der Waals surface area contributed by atoms with Gasteiger partial charge in [-0.15, -0.1) is 0 Å². The van der Waals surface area contributed by atoms with Gasteiger partial charge in [-0.3, -0.25) is 9.59 Å². The lowest BCUT2D eigenvalue weighted by Crippen LogP contribution is -2.45. The quantitative estimate of drug-likeness (QED) is 0.282. The summed E-state index contributed by atoms with van der Waals surface area (Å²) in [6, 6.07) is 9.35. The van der Waals surface area contributed by atoms with E-state index < -0.39 is 17.2 Å². The number of carbonyl (C=O) groups excluding carboxylic acids is 2. The van der Waals surface area contributed by atoms with E-state index in [1.165, 1.54) is 12.2 Å². The molecule has 0 spiro atoms. The third kappa shape index (κ3) is 4.18. The monoisotopic (exact) mass is 480 g/mol. The van der Waals surface area contributed by atoms with Crippen molar-refractivity contribution in [2.75, 3.05) is 7.05 Å². The van der Waals surface area contributed by atoms with Crippen molar-refractivity contribution in [3.05, 3.63) is 71.5 Å². The highest BCUT2D eigenvalue weighted by Crippen LogP contribution is 2.30. The van der Waals surface area contributed by atoms with Gasteiger partial charge in [-0.05, 0) is 29.9 Å². The predicted octanol–water partition coefficient (Wildman–Crippen LogP) is 2.64. The number of hydrogen-bond donors (Lipinski definition) is 1. The highest BCUT2D eigenvalue weighted by Gasteiger charge is 2.45. The molecule has 0 saturated carbocycles. The molecule has 3 rings (SSSR count). The number of hydrogen-bond acceptors (Lipinski definition) is 7. The third-order valence-corrected chi connectivity index (χ3v) is 4.30. The van der Waals surface area contributed by atoms with E-state index in [-0.39, 0.29) is 30.4 Å². The minimum Gasteiger partial charge on any atom is -0.470 e. The van der Waals surface area contributed by atoms with Gasteiger partial charge in [0.05, 0.1) is 6.54 Å². The maximum absolute atomic E-state index is 13.1. The van der Waals surface area contributed by atoms with Gasteiger partial charge in [0, 0.05) is 22.9 Å². The van der Waals surface area contributed by atoms with Gasteiger partial charge in [-0.1, -0.05) is 42.5 Å². The van der Waals surface area contributed by atoms with Gasteiger partial charge in [0.25, 0.3) is 5.88 Å². The molecule has 1 N–H and O–H groups in total. The average Bonchev–Trinajstić information content (AvgIpc) is 3.04. The second kappa shape index (κ2) is 8.15. The van der Waals surface area contributed by atoms with Crippen molar-refractivity contribution in [1.29, 1.82) is 0 Å². The fourth-order valence-corrected chi connectivity index (χ4v) is 2.90. The fraction of sp³-hybridized carbons (Fsp3) is 0.211. The number of aliphatic hydroxyl groups is 1. The first-order valence-corrected chi connectivity index (χ1v) is 9.08. The Hall–Kier alpha value is -2.30. The van der Waals surface area contributed by atoms with E-state index in [4.69, 9.17) is 9.26 Å². The number of allylic oxidation sites excluding steroid dienone is 2. The summed E-state index contributed by atoms with van der Waals surface area (Å²) in [7, 11) is 1.78. The van der Waals surface area contributed by atoms with Gasteiger partial charge in [-0.25, -0.2) is 3.11 Å². The molecular formula is C19H17IN2O5. The third-order valence-electron chi connectivity index (χ3n) is 3.96. The Balaban J connectivity index is 1.94. The molecule has 27 heavy (non-hydrogen) atoms. The molecule has 0 radical (unpaired) electrons. The molecule has 0 aliphatic heterocycles. The Morgan fingerprint density at radius 2 is 2.07 bits per heavy atom. The summed E-state index contributed by atoms with van der Waals surface area (Å²) in [5.74, 6) is -1.39. The Kier molecular flexibility index (Phi) is 5.88. The van der Waals surface area contributed by atoms with Crippen molar-refractivity contribution >= 4 is 34.4 Å². The number of nitrogens with zero attached hydrogens (tertiary/aromatic N) is 2. The van der Waals surface area contributed by atoms with Crippen molar-refractivity contribution in [3.8, 4) is 5.88 Å². The van der Waals surface area contributed by atoms with Crippen LogP contribution in [0.5, 0.6) is 5.88 Å². The molecule has 1 aromatic carbocycles. The summed E-state index contributed by atoms with van der Waals surface area (Å²) in [6.07, 6.45) is 5.22. The molecule has 0 fully saturated rings. The Labute approximate surface area is 169 Å². The van der Waals surface area contributed by atoms with E-state index in [1.54, 1.807) is 10.2 Å². The van der Waals surface area contributed by atoms with Crippen LogP contribution >= 0.6 is 22.9 Å². The van der Waals surface area contributed by atoms with Gasteiger partial charge in [0.2, 0.25) is 11.4 Å². The standard InChI is InChI=1S/C19H17IN2O5/c1-22(20)11-14-16(17(24)19(25)10-6-5-9-15(19)23)18(21-27-14)26-12-13-7-3-2-4-8-13/h2-10,25H,11-12H2,1H3/t19-/m0/s1. The van der Waals surface area contributed by atoms with Crippen LogP contribution in [-0.4, -0.2) is 37.6 Å². The second-order valence-corrected chi connectivity index (χ2v) is 7.65. The SMILES string of the molecule is CN(I)Cc1onc(OCc2ccccc2)c1C(=O)[C@]1(O)C=CC=CC1=O. The number of carbonyl (C=O) groups is 2. The van der Waals surface area contributed by atoms with Crippen LogP contribution in [0.2, 0.25) is 0 Å². The Bertz CT molecular complexity index is 904. The molecule has 0 unspecified atom stereocenters. The average molecular weight is 480 g/mol. The zero-order valence-electron chi connectivity index (χ0n) is 14.5. The van der Waals surface area contributed by atoms with Crippen LogP contribution in [0.15, 0.2) is 59.2 Å². The molecule has 0 amide bonds. The van der Waals surface area contributed by atoms with Crippen molar-refractivity contribution in [1.82, 2.24) is 8.27 Å². The largest absolute Gasteiger partial charge is 0.470 e. The van der Waals surface area contributed by atoms with E-state index in [2.05, 4.69) is 5.16 Å². The summed E-state index contributed by atoms with van der Waals surface area (Å²) in [4.78, 5) is 25.2. The molecule has 1 aromatic heterocycles. The topological polar surface area (TPSA) is 92.9 Å². The van der Waals surface area contributed by atoms with Crippen LogP contribution in [0.25, 0.3) is 0 Å². The van der Waals surface area contributed by atoms with E-state index in [1.807, 2.05) is 53.2 Å². The molecule has 2 aromatic rings. The van der Waals surface area contributed by atoms with Crippen LogP contribution in [0.3, 0.4) is 0 Å². The van der Waals surface area contributed by atoms with Gasteiger partial charge in [0.15, 0.2) is 11.5 Å². The van der Waals surface area contributed by atoms with Crippen LogP contribution < -0.4 is 4.74 Å². The summed E-state index contributed by atoms with van der Waals surface area (Å²) >= 11 is 2.03. The summed E-state index contributed by atoms with van der Waals surface area (Å²) in [5.41, 5.74) is -1.46. The second-order valence-electron chi connectivity index (χ2n) is 6.00. The maximum atomic E-state index is 13.1. The zero-order chi connectivity index (χ0) is 19.4. The predicted molar refractivity (Wildman–Crippen MR) is 105 cm³/mol. The number of ether oxygens (including phenoxy) is 1. The van der Waals surface area contributed by atoms with E-state index >= 15 is 0 Å². The highest BCUT2D eigenvalue weighted by atomic mass is 127. The molecule has 1 atom stereocenters. The van der Waals surface area contributed by atoms with Crippen LogP contribution in [-0.2, 0) is 17.9 Å². The number of benzene rings is 1. The normalized spacial score (nSPS) is 18.9. The van der Waals surface area contributed by atoms with Gasteiger partial charge in [0.1, 0.15) is 12.2 Å². The van der Waals surface area contributed by atoms with E-state index in [0.29, 0.717) is 0 Å². The Morgan fingerprint density at radius 3 is 2.74 bits per heavy atom. The molecule has 1 heterocycles. The Morgan fingerprint density at radius 1 is 1.33 bits per heavy atom. The molecule has 140 valence electrons. The van der Waals surface area contributed by atoms with Crippen molar-refractivity contribution in [3.63, 3.8) is 0 Å². The number of halogens is 1. The summed E-state index contributed by atoms with van der Waals surface area (Å²) < 4.78 is 12.7. The lowest BCUT2D eigenvalue weighted by Gasteiger charge is -2.22. The highest BCUT2D eigenvalue weighted by molar-refractivity contribution is 14.1. The molecule has 7 nitrogen and oxygen atoms in total. The molecular weight excluding hydrogens is 463 g/mol. The minimum atomic E-state index is -2.30. The maximum Gasteiger partial charge on any atom is 0.265 e. The van der Waals surface area contributed by atoms with Gasteiger partial charge >= 0.3 is 0 Å². The smallest absolute Gasteiger partial charge is 0.265 e. The zero-order valence-corrected chi connectivity index (χ0v) is 16.6. The van der Waals surface area contributed by atoms with Crippen LogP contribution in [0.4, 0.5) is 0 Å². The first kappa shape index (κ1) is 19.5. The van der Waals surface area contributed by atoms with E-state index in [0.717, 1.165) is 17.7 Å². The number of aromatic nitrogens is 1. The molecule has 1 aliphatic rings. The molecule has 0 saturated heterocycles. The molecule has 0 bridgehead atoms. The first-order valence-electron chi connectivity index (χ1n) is 8.11. The number of Topliss-reactive ketones (excluding diaryl/α,β-unsaturated/α-hetero) is 1. The van der Waals surface area contributed by atoms with Crippen LogP contribution in [0.1, 0.15) is 21.7 Å². The van der Waals surface area contributed by atoms with Gasteiger partial charge < -0.3 is 14.4 Å². The lowest BCUT2D eigenvalue weighted by atomic mass is 9.86. The van der Waals surface area contributed by atoms with Crippen molar-refractivity contribution in [2.24, 2.45) is 0 Å². The number of rotatable bonds is 7.